The fourth-order valence-electron chi connectivity index (χ4n) is 1.80. The molecule has 0 fully saturated rings. The highest BCUT2D eigenvalue weighted by molar-refractivity contribution is 7.07. The van der Waals surface area contributed by atoms with Crippen molar-refractivity contribution < 1.29 is 5.11 Å². The summed E-state index contributed by atoms with van der Waals surface area (Å²) in [5.74, 6) is 6.71. The van der Waals surface area contributed by atoms with E-state index in [1.165, 1.54) is 6.33 Å². The number of anilines is 2. The normalized spacial score (nSPS) is 12.2. The van der Waals surface area contributed by atoms with Gasteiger partial charge in [0.15, 0.2) is 0 Å². The van der Waals surface area contributed by atoms with Crippen LogP contribution in [0, 0.1) is 0 Å². The molecule has 102 valence electrons. The molecule has 0 aliphatic rings. The first-order chi connectivity index (χ1) is 9.26. The lowest BCUT2D eigenvalue weighted by molar-refractivity contribution is 0.192. The summed E-state index contributed by atoms with van der Waals surface area (Å²) in [5, 5.41) is 17.0. The molecule has 1 atom stereocenters. The van der Waals surface area contributed by atoms with Crippen molar-refractivity contribution in [2.24, 2.45) is 5.84 Å². The minimum absolute atomic E-state index is 0.394. The quantitative estimate of drug-likeness (QED) is 0.473. The number of aliphatic hydroxyl groups is 1. The van der Waals surface area contributed by atoms with E-state index in [0.717, 1.165) is 17.5 Å². The summed E-state index contributed by atoms with van der Waals surface area (Å²) in [6.07, 6.45) is 1.63. The Morgan fingerprint density at radius 1 is 1.42 bits per heavy atom. The predicted molar refractivity (Wildman–Crippen MR) is 77.0 cm³/mol. The monoisotopic (exact) mass is 279 g/mol. The van der Waals surface area contributed by atoms with Crippen LogP contribution in [-0.2, 0) is 6.42 Å². The molecule has 0 radical (unpaired) electrons. The van der Waals surface area contributed by atoms with Crippen molar-refractivity contribution in [1.82, 2.24) is 9.97 Å². The molecule has 2 heterocycles. The van der Waals surface area contributed by atoms with E-state index >= 15 is 0 Å². The van der Waals surface area contributed by atoms with Crippen LogP contribution in [0.5, 0.6) is 0 Å². The van der Waals surface area contributed by atoms with E-state index in [-0.39, 0.29) is 0 Å². The van der Waals surface area contributed by atoms with E-state index in [1.54, 1.807) is 11.3 Å². The first kappa shape index (κ1) is 13.7. The Kier molecular flexibility index (Phi) is 4.67. The van der Waals surface area contributed by atoms with Gasteiger partial charge in [0.25, 0.3) is 0 Å². The number of hydrazine groups is 1. The van der Waals surface area contributed by atoms with Gasteiger partial charge in [-0.3, -0.25) is 0 Å². The largest absolute Gasteiger partial charge is 0.387 e. The van der Waals surface area contributed by atoms with Crippen LogP contribution >= 0.6 is 11.3 Å². The van der Waals surface area contributed by atoms with Crippen molar-refractivity contribution in [1.29, 1.82) is 0 Å². The standard InChI is InChI=1S/C12H17N5OS/c1-2-9-11(15-7-16-12(9)17-13)14-5-10(18)8-3-4-19-6-8/h3-4,6-7,10,18H,2,5,13H2,1H3,(H2,14,15,16,17). The van der Waals surface area contributed by atoms with Gasteiger partial charge in [-0.1, -0.05) is 6.92 Å². The van der Waals surface area contributed by atoms with E-state index in [0.29, 0.717) is 18.2 Å². The number of nitrogens with two attached hydrogens (primary N) is 1. The molecule has 5 N–H and O–H groups in total. The van der Waals surface area contributed by atoms with Gasteiger partial charge in [-0.05, 0) is 28.8 Å². The maximum Gasteiger partial charge on any atom is 0.148 e. The first-order valence-electron chi connectivity index (χ1n) is 6.00. The number of hydrogen-bond donors (Lipinski definition) is 4. The number of aromatic nitrogens is 2. The average Bonchev–Trinajstić information content (AvgIpc) is 2.98. The number of thiophene rings is 1. The zero-order chi connectivity index (χ0) is 13.7. The second kappa shape index (κ2) is 6.46. The third kappa shape index (κ3) is 3.19. The van der Waals surface area contributed by atoms with Gasteiger partial charge in [0.2, 0.25) is 0 Å². The Labute approximate surface area is 115 Å². The number of rotatable bonds is 6. The zero-order valence-corrected chi connectivity index (χ0v) is 11.4. The molecule has 1 unspecified atom stereocenters. The SMILES string of the molecule is CCc1c(NN)ncnc1NCC(O)c1ccsc1. The number of hydrogen-bond acceptors (Lipinski definition) is 7. The van der Waals surface area contributed by atoms with E-state index in [1.807, 2.05) is 23.8 Å². The Balaban J connectivity index is 2.07. The fourth-order valence-corrected chi connectivity index (χ4v) is 2.51. The molecular weight excluding hydrogens is 262 g/mol. The topological polar surface area (TPSA) is 96.1 Å². The summed E-state index contributed by atoms with van der Waals surface area (Å²) < 4.78 is 0. The highest BCUT2D eigenvalue weighted by Crippen LogP contribution is 2.21. The van der Waals surface area contributed by atoms with Gasteiger partial charge in [0.1, 0.15) is 18.0 Å². The average molecular weight is 279 g/mol. The van der Waals surface area contributed by atoms with Gasteiger partial charge in [0.05, 0.1) is 6.10 Å². The minimum Gasteiger partial charge on any atom is -0.387 e. The van der Waals surface area contributed by atoms with Crippen LogP contribution in [0.4, 0.5) is 11.6 Å². The number of nitrogens with zero attached hydrogens (tertiary/aromatic N) is 2. The van der Waals surface area contributed by atoms with Crippen LogP contribution in [0.15, 0.2) is 23.2 Å². The van der Waals surface area contributed by atoms with Gasteiger partial charge in [-0.25, -0.2) is 15.8 Å². The Bertz CT molecular complexity index is 517. The summed E-state index contributed by atoms with van der Waals surface area (Å²) in [7, 11) is 0. The van der Waals surface area contributed by atoms with Crippen LogP contribution in [0.3, 0.4) is 0 Å². The summed E-state index contributed by atoms with van der Waals surface area (Å²) in [6.45, 7) is 2.39. The smallest absolute Gasteiger partial charge is 0.148 e. The number of nitrogen functional groups attached to an aromatic ring is 1. The Hall–Kier alpha value is -1.70. The van der Waals surface area contributed by atoms with Gasteiger partial charge < -0.3 is 15.8 Å². The molecule has 0 saturated heterocycles. The summed E-state index contributed by atoms with van der Waals surface area (Å²) in [4.78, 5) is 8.24. The van der Waals surface area contributed by atoms with Crippen LogP contribution in [0.25, 0.3) is 0 Å². The van der Waals surface area contributed by atoms with Crippen LogP contribution in [0.2, 0.25) is 0 Å². The van der Waals surface area contributed by atoms with Gasteiger partial charge in [-0.15, -0.1) is 0 Å². The second-order valence-electron chi connectivity index (χ2n) is 4.00. The summed E-state index contributed by atoms with van der Waals surface area (Å²) >= 11 is 1.56. The highest BCUT2D eigenvalue weighted by Gasteiger charge is 2.12. The van der Waals surface area contributed by atoms with E-state index in [2.05, 4.69) is 20.7 Å². The van der Waals surface area contributed by atoms with Crippen molar-refractivity contribution in [3.63, 3.8) is 0 Å². The van der Waals surface area contributed by atoms with Crippen molar-refractivity contribution >= 4 is 23.0 Å². The molecule has 0 spiro atoms. The Morgan fingerprint density at radius 3 is 2.84 bits per heavy atom. The molecule has 0 aliphatic heterocycles. The lowest BCUT2D eigenvalue weighted by Crippen LogP contribution is -2.17. The zero-order valence-electron chi connectivity index (χ0n) is 10.6. The van der Waals surface area contributed by atoms with Gasteiger partial charge in [0, 0.05) is 12.1 Å². The molecule has 0 amide bonds. The first-order valence-corrected chi connectivity index (χ1v) is 6.95. The molecule has 0 aliphatic carbocycles. The van der Waals surface area contributed by atoms with Crippen molar-refractivity contribution in [3.05, 3.63) is 34.3 Å². The van der Waals surface area contributed by atoms with Crippen LogP contribution in [0.1, 0.15) is 24.2 Å². The highest BCUT2D eigenvalue weighted by atomic mass is 32.1. The number of nitrogens with one attached hydrogen (secondary N) is 2. The second-order valence-corrected chi connectivity index (χ2v) is 4.78. The van der Waals surface area contributed by atoms with E-state index < -0.39 is 6.10 Å². The molecule has 0 aromatic carbocycles. The maximum atomic E-state index is 10.0. The molecule has 0 bridgehead atoms. The van der Waals surface area contributed by atoms with Crippen LogP contribution < -0.4 is 16.6 Å². The summed E-state index contributed by atoms with van der Waals surface area (Å²) in [5.41, 5.74) is 4.36. The fraction of sp³-hybridized carbons (Fsp3) is 0.333. The third-order valence-corrected chi connectivity index (χ3v) is 3.53. The molecule has 7 heteroatoms. The molecule has 2 aromatic heterocycles. The molecule has 2 rings (SSSR count). The van der Waals surface area contributed by atoms with E-state index in [4.69, 9.17) is 5.84 Å². The van der Waals surface area contributed by atoms with Crippen molar-refractivity contribution in [2.45, 2.75) is 19.4 Å². The lowest BCUT2D eigenvalue weighted by atomic mass is 10.2. The molecule has 2 aromatic rings. The van der Waals surface area contributed by atoms with Crippen molar-refractivity contribution in [3.8, 4) is 0 Å². The third-order valence-electron chi connectivity index (χ3n) is 2.83. The molecule has 0 saturated carbocycles. The lowest BCUT2D eigenvalue weighted by Gasteiger charge is -2.15. The number of aliphatic hydroxyl groups excluding tert-OH is 1. The Morgan fingerprint density at radius 2 is 2.21 bits per heavy atom. The van der Waals surface area contributed by atoms with Gasteiger partial charge >= 0.3 is 0 Å². The van der Waals surface area contributed by atoms with Gasteiger partial charge in [-0.2, -0.15) is 11.3 Å². The molecular formula is C12H17N5OS. The van der Waals surface area contributed by atoms with E-state index in [9.17, 15) is 5.11 Å². The summed E-state index contributed by atoms with van der Waals surface area (Å²) in [6, 6.07) is 1.91. The predicted octanol–water partition coefficient (Wildman–Crippen LogP) is 1.53. The van der Waals surface area contributed by atoms with Crippen LogP contribution in [-0.4, -0.2) is 21.6 Å². The molecule has 19 heavy (non-hydrogen) atoms. The maximum absolute atomic E-state index is 10.0. The molecule has 6 nitrogen and oxygen atoms in total. The minimum atomic E-state index is -0.555. The van der Waals surface area contributed by atoms with Crippen molar-refractivity contribution in [2.75, 3.05) is 17.3 Å².